The molecule has 0 aromatic rings. The van der Waals surface area contributed by atoms with E-state index in [1.807, 2.05) is 6.92 Å². The summed E-state index contributed by atoms with van der Waals surface area (Å²) >= 11 is 0. The van der Waals surface area contributed by atoms with E-state index in [2.05, 4.69) is 0 Å². The van der Waals surface area contributed by atoms with Gasteiger partial charge in [0.05, 0.1) is 12.4 Å². The summed E-state index contributed by atoms with van der Waals surface area (Å²) in [7, 11) is 0. The lowest BCUT2D eigenvalue weighted by Gasteiger charge is -2.18. The third kappa shape index (κ3) is 3.49. The first-order valence-electron chi connectivity index (χ1n) is 4.76. The first-order valence-corrected chi connectivity index (χ1v) is 4.76. The average Bonchev–Trinajstić information content (AvgIpc) is 2.09. The van der Waals surface area contributed by atoms with Crippen molar-refractivity contribution in [1.29, 1.82) is 0 Å². The van der Waals surface area contributed by atoms with Crippen LogP contribution in [0.5, 0.6) is 0 Å². The summed E-state index contributed by atoms with van der Waals surface area (Å²) in [5.41, 5.74) is 0. The highest BCUT2D eigenvalue weighted by atomic mass is 16.5. The Morgan fingerprint density at radius 2 is 2.54 bits per heavy atom. The third-order valence-electron chi connectivity index (χ3n) is 2.26. The number of aliphatic hydroxyl groups excluding tert-OH is 1. The van der Waals surface area contributed by atoms with Crippen LogP contribution in [0, 0.1) is 5.92 Å². The molecule has 3 heteroatoms. The van der Waals surface area contributed by atoms with Crippen LogP contribution in [0.1, 0.15) is 32.6 Å². The molecule has 0 amide bonds. The lowest BCUT2D eigenvalue weighted by atomic mass is 9.91. The zero-order valence-corrected chi connectivity index (χ0v) is 7.95. The average molecular weight is 184 g/mol. The van der Waals surface area contributed by atoms with Crippen molar-refractivity contribution >= 4 is 5.97 Å². The minimum atomic E-state index is -0.123. The molecule has 1 unspecified atom stereocenters. The normalized spacial score (nSPS) is 22.2. The monoisotopic (exact) mass is 184 g/mol. The van der Waals surface area contributed by atoms with Gasteiger partial charge in [-0.25, -0.2) is 0 Å². The van der Waals surface area contributed by atoms with Crippen molar-refractivity contribution in [3.8, 4) is 0 Å². The summed E-state index contributed by atoms with van der Waals surface area (Å²) in [5.74, 6) is 0.692. The van der Waals surface area contributed by atoms with E-state index in [1.54, 1.807) is 6.08 Å². The molecule has 1 rings (SSSR count). The quantitative estimate of drug-likeness (QED) is 0.684. The standard InChI is InChI=1S/C10H16O3/c1-2-13-10(12)7-8-3-5-9(11)6-4-8/h5,8,11H,2-4,6-7H2,1H3. The first-order chi connectivity index (χ1) is 6.22. The van der Waals surface area contributed by atoms with Gasteiger partial charge in [0.2, 0.25) is 0 Å². The number of aliphatic hydroxyl groups is 1. The van der Waals surface area contributed by atoms with Crippen molar-refractivity contribution in [3.05, 3.63) is 11.8 Å². The summed E-state index contributed by atoms with van der Waals surface area (Å²) < 4.78 is 4.85. The minimum Gasteiger partial charge on any atom is -0.513 e. The molecule has 0 aromatic carbocycles. The van der Waals surface area contributed by atoms with Crippen LogP contribution in [-0.2, 0) is 9.53 Å². The molecule has 0 aromatic heterocycles. The van der Waals surface area contributed by atoms with Crippen LogP contribution >= 0.6 is 0 Å². The van der Waals surface area contributed by atoms with Crippen LogP contribution in [0.15, 0.2) is 11.8 Å². The SMILES string of the molecule is CCOC(=O)CC1CC=C(O)CC1. The van der Waals surface area contributed by atoms with Gasteiger partial charge in [0.15, 0.2) is 0 Å². The number of ether oxygens (including phenoxy) is 1. The van der Waals surface area contributed by atoms with Crippen molar-refractivity contribution in [2.75, 3.05) is 6.61 Å². The lowest BCUT2D eigenvalue weighted by molar-refractivity contribution is -0.144. The molecule has 0 aliphatic heterocycles. The summed E-state index contributed by atoms with van der Waals surface area (Å²) in [6, 6.07) is 0. The number of carbonyl (C=O) groups excluding carboxylic acids is 1. The predicted octanol–water partition coefficient (Wildman–Crippen LogP) is 2.18. The molecule has 1 aliphatic carbocycles. The molecule has 1 atom stereocenters. The highest BCUT2D eigenvalue weighted by molar-refractivity contribution is 5.69. The summed E-state index contributed by atoms with van der Waals surface area (Å²) in [6.45, 7) is 2.26. The van der Waals surface area contributed by atoms with E-state index < -0.39 is 0 Å². The van der Waals surface area contributed by atoms with Crippen LogP contribution in [0.25, 0.3) is 0 Å². The van der Waals surface area contributed by atoms with Gasteiger partial charge in [0.1, 0.15) is 0 Å². The van der Waals surface area contributed by atoms with Gasteiger partial charge in [-0.3, -0.25) is 4.79 Å². The second-order valence-electron chi connectivity index (χ2n) is 3.35. The highest BCUT2D eigenvalue weighted by Crippen LogP contribution is 2.24. The Balaban J connectivity index is 2.27. The molecule has 0 spiro atoms. The summed E-state index contributed by atoms with van der Waals surface area (Å²) in [6.07, 6.45) is 4.67. The maximum Gasteiger partial charge on any atom is 0.306 e. The van der Waals surface area contributed by atoms with Gasteiger partial charge in [-0.2, -0.15) is 0 Å². The maximum atomic E-state index is 11.1. The molecular formula is C10H16O3. The molecule has 1 N–H and O–H groups in total. The Kier molecular flexibility index (Phi) is 3.80. The van der Waals surface area contributed by atoms with Crippen molar-refractivity contribution in [2.24, 2.45) is 5.92 Å². The molecule has 0 fully saturated rings. The molecule has 1 aliphatic rings. The fourth-order valence-corrected chi connectivity index (χ4v) is 1.52. The number of rotatable bonds is 3. The predicted molar refractivity (Wildman–Crippen MR) is 49.3 cm³/mol. The molecule has 13 heavy (non-hydrogen) atoms. The van der Waals surface area contributed by atoms with E-state index in [0.717, 1.165) is 12.8 Å². The Morgan fingerprint density at radius 1 is 1.77 bits per heavy atom. The molecule has 0 heterocycles. The topological polar surface area (TPSA) is 46.5 Å². The number of allylic oxidation sites excluding steroid dienone is 2. The van der Waals surface area contributed by atoms with Gasteiger partial charge in [-0.1, -0.05) is 0 Å². The second kappa shape index (κ2) is 4.90. The molecular weight excluding hydrogens is 168 g/mol. The molecule has 0 bridgehead atoms. The largest absolute Gasteiger partial charge is 0.513 e. The Morgan fingerprint density at radius 3 is 3.08 bits per heavy atom. The zero-order chi connectivity index (χ0) is 9.68. The zero-order valence-electron chi connectivity index (χ0n) is 7.95. The molecule has 0 saturated carbocycles. The van der Waals surface area contributed by atoms with Gasteiger partial charge < -0.3 is 9.84 Å². The molecule has 0 radical (unpaired) electrons. The van der Waals surface area contributed by atoms with E-state index >= 15 is 0 Å². The fourth-order valence-electron chi connectivity index (χ4n) is 1.52. The van der Waals surface area contributed by atoms with Crippen LogP contribution in [0.3, 0.4) is 0 Å². The highest BCUT2D eigenvalue weighted by Gasteiger charge is 2.17. The van der Waals surface area contributed by atoms with Gasteiger partial charge in [-0.05, 0) is 31.8 Å². The number of esters is 1. The summed E-state index contributed by atoms with van der Waals surface area (Å²) in [5, 5.41) is 9.11. The van der Waals surface area contributed by atoms with Crippen molar-refractivity contribution in [1.82, 2.24) is 0 Å². The van der Waals surface area contributed by atoms with E-state index in [1.165, 1.54) is 0 Å². The van der Waals surface area contributed by atoms with Crippen LogP contribution < -0.4 is 0 Å². The Bertz CT molecular complexity index is 208. The van der Waals surface area contributed by atoms with Crippen molar-refractivity contribution in [2.45, 2.75) is 32.6 Å². The number of carbonyl (C=O) groups is 1. The lowest BCUT2D eigenvalue weighted by Crippen LogP contribution is -2.13. The van der Waals surface area contributed by atoms with Crippen molar-refractivity contribution < 1.29 is 14.6 Å². The number of hydrogen-bond acceptors (Lipinski definition) is 3. The van der Waals surface area contributed by atoms with E-state index in [9.17, 15) is 4.79 Å². The van der Waals surface area contributed by atoms with Gasteiger partial charge >= 0.3 is 5.97 Å². The van der Waals surface area contributed by atoms with E-state index in [0.29, 0.717) is 31.1 Å². The van der Waals surface area contributed by atoms with E-state index in [4.69, 9.17) is 9.84 Å². The smallest absolute Gasteiger partial charge is 0.306 e. The maximum absolute atomic E-state index is 11.1. The third-order valence-corrected chi connectivity index (χ3v) is 2.26. The first kappa shape index (κ1) is 10.1. The minimum absolute atomic E-state index is 0.123. The van der Waals surface area contributed by atoms with E-state index in [-0.39, 0.29) is 5.97 Å². The summed E-state index contributed by atoms with van der Waals surface area (Å²) in [4.78, 5) is 11.1. The molecule has 3 nitrogen and oxygen atoms in total. The Labute approximate surface area is 78.4 Å². The van der Waals surface area contributed by atoms with Crippen LogP contribution in [-0.4, -0.2) is 17.7 Å². The molecule has 0 saturated heterocycles. The number of hydrogen-bond donors (Lipinski definition) is 1. The second-order valence-corrected chi connectivity index (χ2v) is 3.35. The van der Waals surface area contributed by atoms with Gasteiger partial charge in [0, 0.05) is 12.8 Å². The fraction of sp³-hybridized carbons (Fsp3) is 0.700. The van der Waals surface area contributed by atoms with Crippen LogP contribution in [0.2, 0.25) is 0 Å². The molecule has 74 valence electrons. The van der Waals surface area contributed by atoms with Crippen molar-refractivity contribution in [3.63, 3.8) is 0 Å². The van der Waals surface area contributed by atoms with Gasteiger partial charge in [-0.15, -0.1) is 0 Å². The van der Waals surface area contributed by atoms with Crippen LogP contribution in [0.4, 0.5) is 0 Å². The van der Waals surface area contributed by atoms with Gasteiger partial charge in [0.25, 0.3) is 0 Å². The Hall–Kier alpha value is -0.990.